The Kier molecular flexibility index (Phi) is 4.71. The summed E-state index contributed by atoms with van der Waals surface area (Å²) >= 11 is 0. The maximum absolute atomic E-state index is 6.10. The number of hydrogen-bond acceptors (Lipinski definition) is 3. The number of ether oxygens (including phenoxy) is 1. The molecule has 0 N–H and O–H groups in total. The maximum atomic E-state index is 6.10. The fraction of sp³-hybridized carbons (Fsp3) is 0.364. The van der Waals surface area contributed by atoms with E-state index in [0.29, 0.717) is 6.61 Å². The summed E-state index contributed by atoms with van der Waals surface area (Å²) in [5.74, 6) is -0.534. The lowest BCUT2D eigenvalue weighted by molar-refractivity contribution is -0.483. The summed E-state index contributed by atoms with van der Waals surface area (Å²) in [4.78, 5) is 11.5. The molecule has 25 heavy (non-hydrogen) atoms. The van der Waals surface area contributed by atoms with Gasteiger partial charge < -0.3 is 4.74 Å². The van der Waals surface area contributed by atoms with Gasteiger partial charge in [0.2, 0.25) is 5.79 Å². The zero-order valence-corrected chi connectivity index (χ0v) is 14.4. The van der Waals surface area contributed by atoms with Crippen LogP contribution >= 0.6 is 0 Å². The first-order chi connectivity index (χ1) is 12.3. The first kappa shape index (κ1) is 16.5. The molecule has 1 heterocycles. The van der Waals surface area contributed by atoms with Gasteiger partial charge in [-0.15, -0.1) is 0 Å². The van der Waals surface area contributed by atoms with Gasteiger partial charge in [0.25, 0.3) is 0 Å². The minimum Gasteiger partial charge on any atom is -0.344 e. The molecule has 1 unspecified atom stereocenters. The molecule has 1 saturated heterocycles. The van der Waals surface area contributed by atoms with Crippen molar-refractivity contribution in [1.29, 1.82) is 0 Å². The van der Waals surface area contributed by atoms with Gasteiger partial charge in [-0.2, -0.15) is 0 Å². The Hall–Kier alpha value is -1.94. The van der Waals surface area contributed by atoms with Crippen molar-refractivity contribution in [3.8, 4) is 11.1 Å². The van der Waals surface area contributed by atoms with Crippen LogP contribution in [0.3, 0.4) is 0 Å². The molecule has 3 heteroatoms. The van der Waals surface area contributed by atoms with E-state index in [-0.39, 0.29) is 6.10 Å². The molecular formula is C22H24O3. The van der Waals surface area contributed by atoms with Crippen LogP contribution in [-0.4, -0.2) is 18.5 Å². The van der Waals surface area contributed by atoms with Crippen LogP contribution in [0, 0.1) is 0 Å². The van der Waals surface area contributed by atoms with Gasteiger partial charge in [0, 0.05) is 12.8 Å². The normalized spacial score (nSPS) is 22.6. The van der Waals surface area contributed by atoms with Crippen molar-refractivity contribution in [2.75, 3.05) is 6.61 Å². The third-order valence-corrected chi connectivity index (χ3v) is 5.18. The zero-order valence-electron chi connectivity index (χ0n) is 14.4. The quantitative estimate of drug-likeness (QED) is 0.705. The lowest BCUT2D eigenvalue weighted by Crippen LogP contribution is -2.46. The second-order valence-corrected chi connectivity index (χ2v) is 6.89. The summed E-state index contributed by atoms with van der Waals surface area (Å²) in [6, 6.07) is 18.6. The number of benzene rings is 2. The summed E-state index contributed by atoms with van der Waals surface area (Å²) < 4.78 is 6.10. The fourth-order valence-electron chi connectivity index (χ4n) is 3.71. The molecule has 2 fully saturated rings. The summed E-state index contributed by atoms with van der Waals surface area (Å²) in [7, 11) is 0. The van der Waals surface area contributed by atoms with Crippen LogP contribution in [0.2, 0.25) is 0 Å². The van der Waals surface area contributed by atoms with Gasteiger partial charge in [0.15, 0.2) is 0 Å². The highest BCUT2D eigenvalue weighted by Gasteiger charge is 2.41. The molecule has 1 saturated carbocycles. The van der Waals surface area contributed by atoms with E-state index in [0.717, 1.165) is 42.4 Å². The maximum Gasteiger partial charge on any atom is 0.201 e. The summed E-state index contributed by atoms with van der Waals surface area (Å²) in [6.45, 7) is 4.77. The molecule has 3 nitrogen and oxygen atoms in total. The van der Waals surface area contributed by atoms with Gasteiger partial charge in [-0.05, 0) is 35.1 Å². The van der Waals surface area contributed by atoms with Crippen molar-refractivity contribution in [2.24, 2.45) is 0 Å². The lowest BCUT2D eigenvalue weighted by Gasteiger charge is -2.41. The number of hydrogen-bond donors (Lipinski definition) is 0. The minimum atomic E-state index is -0.534. The standard InChI is InChI=1S/C22H24O3/c1-17(21-16-23-22(25-24-21)14-8-3-9-15-22)19-12-6-7-13-20(19)18-10-4-2-5-11-18/h2,4-7,10-13,21H,1,3,8-9,14-16H2. The van der Waals surface area contributed by atoms with Crippen LogP contribution in [-0.2, 0) is 14.5 Å². The lowest BCUT2D eigenvalue weighted by atomic mass is 9.92. The Balaban J connectivity index is 1.53. The minimum absolute atomic E-state index is 0.280. The first-order valence-corrected chi connectivity index (χ1v) is 9.09. The molecule has 0 radical (unpaired) electrons. The highest BCUT2D eigenvalue weighted by Crippen LogP contribution is 2.39. The first-order valence-electron chi connectivity index (χ1n) is 9.09. The third-order valence-electron chi connectivity index (χ3n) is 5.18. The van der Waals surface area contributed by atoms with Crippen LogP contribution in [0.4, 0.5) is 0 Å². The SMILES string of the molecule is C=C(c1ccccc1-c1ccccc1)C1COC2(CCCCC2)OO1. The molecule has 0 aromatic heterocycles. The zero-order chi connectivity index (χ0) is 17.1. The Morgan fingerprint density at radius 1 is 0.920 bits per heavy atom. The van der Waals surface area contributed by atoms with E-state index in [4.69, 9.17) is 14.5 Å². The Labute approximate surface area is 149 Å². The van der Waals surface area contributed by atoms with E-state index in [9.17, 15) is 0 Å². The Bertz CT molecular complexity index is 722. The molecule has 0 bridgehead atoms. The molecular weight excluding hydrogens is 312 g/mol. The van der Waals surface area contributed by atoms with Gasteiger partial charge in [-0.25, -0.2) is 9.78 Å². The second kappa shape index (κ2) is 7.12. The summed E-state index contributed by atoms with van der Waals surface area (Å²) in [5.41, 5.74) is 4.28. The van der Waals surface area contributed by atoms with E-state index < -0.39 is 5.79 Å². The molecule has 2 aliphatic rings. The Morgan fingerprint density at radius 3 is 2.36 bits per heavy atom. The molecule has 1 spiro atoms. The van der Waals surface area contributed by atoms with Crippen LogP contribution in [0.5, 0.6) is 0 Å². The molecule has 2 aromatic rings. The van der Waals surface area contributed by atoms with Gasteiger partial charge in [0.05, 0.1) is 6.61 Å². The van der Waals surface area contributed by atoms with E-state index in [1.807, 2.05) is 30.3 Å². The van der Waals surface area contributed by atoms with Gasteiger partial charge in [-0.3, -0.25) is 0 Å². The van der Waals surface area contributed by atoms with E-state index in [2.05, 4.69) is 30.8 Å². The van der Waals surface area contributed by atoms with Crippen LogP contribution < -0.4 is 0 Å². The van der Waals surface area contributed by atoms with Crippen molar-refractivity contribution in [3.05, 3.63) is 66.7 Å². The molecule has 1 atom stereocenters. The molecule has 2 aromatic carbocycles. The predicted molar refractivity (Wildman–Crippen MR) is 98.6 cm³/mol. The Morgan fingerprint density at radius 2 is 1.64 bits per heavy atom. The van der Waals surface area contributed by atoms with Crippen LogP contribution in [0.25, 0.3) is 16.7 Å². The smallest absolute Gasteiger partial charge is 0.201 e. The summed E-state index contributed by atoms with van der Waals surface area (Å²) in [6.07, 6.45) is 5.05. The van der Waals surface area contributed by atoms with E-state index in [1.54, 1.807) is 0 Å². The fourth-order valence-corrected chi connectivity index (χ4v) is 3.71. The van der Waals surface area contributed by atoms with Crippen LogP contribution in [0.15, 0.2) is 61.2 Å². The molecule has 4 rings (SSSR count). The average molecular weight is 336 g/mol. The van der Waals surface area contributed by atoms with Gasteiger partial charge in [-0.1, -0.05) is 67.6 Å². The van der Waals surface area contributed by atoms with Crippen molar-refractivity contribution < 1.29 is 14.5 Å². The molecule has 1 aliphatic heterocycles. The second-order valence-electron chi connectivity index (χ2n) is 6.89. The number of rotatable bonds is 3. The van der Waals surface area contributed by atoms with E-state index >= 15 is 0 Å². The largest absolute Gasteiger partial charge is 0.344 e. The van der Waals surface area contributed by atoms with Crippen molar-refractivity contribution in [2.45, 2.75) is 44.0 Å². The van der Waals surface area contributed by atoms with Crippen molar-refractivity contribution in [1.82, 2.24) is 0 Å². The molecule has 130 valence electrons. The van der Waals surface area contributed by atoms with E-state index in [1.165, 1.54) is 12.0 Å². The van der Waals surface area contributed by atoms with Gasteiger partial charge in [0.1, 0.15) is 6.10 Å². The topological polar surface area (TPSA) is 27.7 Å². The summed E-state index contributed by atoms with van der Waals surface area (Å²) in [5, 5.41) is 0. The van der Waals surface area contributed by atoms with Crippen LogP contribution in [0.1, 0.15) is 37.7 Å². The van der Waals surface area contributed by atoms with Crippen molar-refractivity contribution >= 4 is 5.57 Å². The molecule has 0 amide bonds. The van der Waals surface area contributed by atoms with Gasteiger partial charge >= 0.3 is 0 Å². The molecule has 1 aliphatic carbocycles. The highest BCUT2D eigenvalue weighted by molar-refractivity contribution is 5.82. The van der Waals surface area contributed by atoms with Crippen molar-refractivity contribution in [3.63, 3.8) is 0 Å². The monoisotopic (exact) mass is 336 g/mol. The third kappa shape index (κ3) is 3.40. The highest BCUT2D eigenvalue weighted by atomic mass is 17.2. The predicted octanol–water partition coefficient (Wildman–Crippen LogP) is 5.37. The average Bonchev–Trinajstić information content (AvgIpc) is 2.69.